The van der Waals surface area contributed by atoms with Gasteiger partial charge in [0.05, 0.1) is 0 Å². The second-order valence-electron chi connectivity index (χ2n) is 6.98. The summed E-state index contributed by atoms with van der Waals surface area (Å²) in [4.78, 5) is 17.8. The van der Waals surface area contributed by atoms with E-state index in [-0.39, 0.29) is 12.0 Å². The largest absolute Gasteiger partial charge is 0.488 e. The van der Waals surface area contributed by atoms with Crippen molar-refractivity contribution >= 4 is 11.6 Å². The quantitative estimate of drug-likeness (QED) is 0.879. The maximum absolute atomic E-state index is 11.4. The average molecular weight is 353 g/mol. The number of rotatable bonds is 4. The number of hydrogen-bond acceptors (Lipinski definition) is 5. The van der Waals surface area contributed by atoms with Crippen molar-refractivity contribution < 1.29 is 14.6 Å². The Morgan fingerprint density at radius 3 is 3.04 bits per heavy atom. The number of ether oxygens (including phenoxy) is 1. The van der Waals surface area contributed by atoms with Crippen molar-refractivity contribution in [3.05, 3.63) is 53.9 Å². The highest BCUT2D eigenvalue weighted by Crippen LogP contribution is 2.28. The first kappa shape index (κ1) is 17.0. The molecule has 1 amide bonds. The van der Waals surface area contributed by atoms with Gasteiger partial charge in [0.25, 0.3) is 0 Å². The van der Waals surface area contributed by atoms with Crippen molar-refractivity contribution in [3.8, 4) is 5.75 Å². The molecule has 2 aliphatic rings. The highest BCUT2D eigenvalue weighted by Gasteiger charge is 2.29. The molecule has 0 unspecified atom stereocenters. The summed E-state index contributed by atoms with van der Waals surface area (Å²) in [7, 11) is 0. The summed E-state index contributed by atoms with van der Waals surface area (Å²) in [6, 6.07) is 9.70. The summed E-state index contributed by atoms with van der Waals surface area (Å²) in [6.07, 6.45) is 4.89. The van der Waals surface area contributed by atoms with E-state index in [0.29, 0.717) is 13.0 Å². The lowest BCUT2D eigenvalue weighted by Gasteiger charge is -2.36. The molecule has 2 aliphatic heterocycles. The van der Waals surface area contributed by atoms with Gasteiger partial charge >= 0.3 is 0 Å². The van der Waals surface area contributed by atoms with Crippen LogP contribution in [-0.4, -0.2) is 46.2 Å². The SMILES string of the molecule is O=C1CCc2cc(O[C@@H]3CCN(Cc4cccnc4)C[C@H]3O)ccc2N1. The van der Waals surface area contributed by atoms with Gasteiger partial charge in [-0.15, -0.1) is 0 Å². The van der Waals surface area contributed by atoms with Crippen LogP contribution in [0.5, 0.6) is 5.75 Å². The molecule has 1 aromatic heterocycles. The maximum atomic E-state index is 11.4. The van der Waals surface area contributed by atoms with E-state index < -0.39 is 6.10 Å². The lowest BCUT2D eigenvalue weighted by Crippen LogP contribution is -2.48. The standard InChI is InChI=1S/C20H23N3O3/c24-18-13-23(12-14-2-1-8-21-11-14)9-7-19(18)26-16-4-5-17-15(10-16)3-6-20(25)22-17/h1-2,4-5,8,10-11,18-19,24H,3,6-7,9,12-13H2,(H,22,25)/t18-,19-/m1/s1. The van der Waals surface area contributed by atoms with E-state index >= 15 is 0 Å². The van der Waals surface area contributed by atoms with Gasteiger partial charge in [0.2, 0.25) is 5.91 Å². The molecule has 26 heavy (non-hydrogen) atoms. The van der Waals surface area contributed by atoms with Crippen molar-refractivity contribution in [2.24, 2.45) is 0 Å². The summed E-state index contributed by atoms with van der Waals surface area (Å²) in [6.45, 7) is 2.24. The number of aromatic nitrogens is 1. The molecule has 6 heteroatoms. The molecule has 6 nitrogen and oxygen atoms in total. The third-order valence-electron chi connectivity index (χ3n) is 4.99. The fourth-order valence-electron chi connectivity index (χ4n) is 3.61. The summed E-state index contributed by atoms with van der Waals surface area (Å²) in [5.74, 6) is 0.812. The number of likely N-dealkylation sites (tertiary alicyclic amines) is 1. The van der Waals surface area contributed by atoms with Crippen LogP contribution < -0.4 is 10.1 Å². The molecule has 136 valence electrons. The zero-order valence-electron chi connectivity index (χ0n) is 14.6. The van der Waals surface area contributed by atoms with Crippen LogP contribution in [-0.2, 0) is 17.8 Å². The van der Waals surface area contributed by atoms with Crippen LogP contribution in [0, 0.1) is 0 Å². The highest BCUT2D eigenvalue weighted by molar-refractivity contribution is 5.93. The summed E-state index contributed by atoms with van der Waals surface area (Å²) in [5.41, 5.74) is 3.10. The molecule has 0 spiro atoms. The number of β-amino-alcohol motifs (C(OH)–C–C–N with tert-alkyl or cyclic N) is 1. The Labute approximate surface area is 152 Å². The van der Waals surface area contributed by atoms with Crippen LogP contribution in [0.3, 0.4) is 0 Å². The van der Waals surface area contributed by atoms with E-state index in [1.165, 1.54) is 0 Å². The Kier molecular flexibility index (Phi) is 4.86. The predicted molar refractivity (Wildman–Crippen MR) is 97.9 cm³/mol. The molecule has 0 radical (unpaired) electrons. The van der Waals surface area contributed by atoms with Gasteiger partial charge in [0, 0.05) is 44.1 Å². The molecule has 0 saturated carbocycles. The van der Waals surface area contributed by atoms with Gasteiger partial charge in [-0.25, -0.2) is 0 Å². The summed E-state index contributed by atoms with van der Waals surface area (Å²) >= 11 is 0. The number of aliphatic hydroxyl groups is 1. The highest BCUT2D eigenvalue weighted by atomic mass is 16.5. The number of nitrogens with zero attached hydrogens (tertiary/aromatic N) is 2. The number of pyridine rings is 1. The average Bonchev–Trinajstić information content (AvgIpc) is 2.65. The molecule has 2 atom stereocenters. The Balaban J connectivity index is 1.36. The molecular formula is C20H23N3O3. The summed E-state index contributed by atoms with van der Waals surface area (Å²) < 4.78 is 6.06. The first-order chi connectivity index (χ1) is 12.7. The van der Waals surface area contributed by atoms with E-state index in [9.17, 15) is 9.90 Å². The van der Waals surface area contributed by atoms with Gasteiger partial charge in [-0.2, -0.15) is 0 Å². The molecule has 0 bridgehead atoms. The maximum Gasteiger partial charge on any atom is 0.224 e. The van der Waals surface area contributed by atoms with Gasteiger partial charge in [-0.3, -0.25) is 14.7 Å². The predicted octanol–water partition coefficient (Wildman–Crippen LogP) is 1.98. The number of hydrogen-bond donors (Lipinski definition) is 2. The summed E-state index contributed by atoms with van der Waals surface area (Å²) in [5, 5.41) is 13.4. The minimum absolute atomic E-state index is 0.0579. The van der Waals surface area contributed by atoms with E-state index in [0.717, 1.165) is 48.5 Å². The Hall–Kier alpha value is -2.44. The number of amides is 1. The number of nitrogens with one attached hydrogen (secondary N) is 1. The van der Waals surface area contributed by atoms with Gasteiger partial charge in [-0.05, 0) is 48.2 Å². The normalized spacial score (nSPS) is 23.2. The van der Waals surface area contributed by atoms with E-state index in [4.69, 9.17) is 4.74 Å². The molecule has 0 aliphatic carbocycles. The zero-order chi connectivity index (χ0) is 17.9. The molecule has 1 fully saturated rings. The van der Waals surface area contributed by atoms with Crippen LogP contribution in [0.25, 0.3) is 0 Å². The number of fused-ring (bicyclic) bond motifs is 1. The van der Waals surface area contributed by atoms with Crippen LogP contribution >= 0.6 is 0 Å². The van der Waals surface area contributed by atoms with Crippen molar-refractivity contribution in [1.82, 2.24) is 9.88 Å². The molecule has 1 saturated heterocycles. The van der Waals surface area contributed by atoms with E-state index in [2.05, 4.69) is 15.2 Å². The number of anilines is 1. The van der Waals surface area contributed by atoms with Crippen LogP contribution in [0.1, 0.15) is 24.0 Å². The molecule has 1 aromatic carbocycles. The van der Waals surface area contributed by atoms with Crippen LogP contribution in [0.2, 0.25) is 0 Å². The molecule has 2 N–H and O–H groups in total. The number of aliphatic hydroxyl groups excluding tert-OH is 1. The van der Waals surface area contributed by atoms with E-state index in [1.807, 2.05) is 36.5 Å². The van der Waals surface area contributed by atoms with Crippen molar-refractivity contribution in [2.45, 2.75) is 38.0 Å². The first-order valence-electron chi connectivity index (χ1n) is 9.06. The Morgan fingerprint density at radius 1 is 1.31 bits per heavy atom. The molecule has 2 aromatic rings. The van der Waals surface area contributed by atoms with Crippen molar-refractivity contribution in [1.29, 1.82) is 0 Å². The molecule has 3 heterocycles. The smallest absolute Gasteiger partial charge is 0.224 e. The first-order valence-corrected chi connectivity index (χ1v) is 9.06. The minimum atomic E-state index is -0.531. The topological polar surface area (TPSA) is 74.7 Å². The van der Waals surface area contributed by atoms with E-state index in [1.54, 1.807) is 6.20 Å². The second-order valence-corrected chi connectivity index (χ2v) is 6.98. The van der Waals surface area contributed by atoms with Gasteiger partial charge in [0.1, 0.15) is 18.0 Å². The third kappa shape index (κ3) is 3.86. The monoisotopic (exact) mass is 353 g/mol. The second kappa shape index (κ2) is 7.43. The Morgan fingerprint density at radius 2 is 2.23 bits per heavy atom. The lowest BCUT2D eigenvalue weighted by molar-refractivity contribution is -0.116. The zero-order valence-corrected chi connectivity index (χ0v) is 14.6. The molecular weight excluding hydrogens is 330 g/mol. The minimum Gasteiger partial charge on any atom is -0.488 e. The fraction of sp³-hybridized carbons (Fsp3) is 0.400. The Bertz CT molecular complexity index is 781. The number of benzene rings is 1. The third-order valence-corrected chi connectivity index (χ3v) is 4.99. The lowest BCUT2D eigenvalue weighted by atomic mass is 10.0. The van der Waals surface area contributed by atoms with Crippen LogP contribution in [0.4, 0.5) is 5.69 Å². The number of carbonyl (C=O) groups excluding carboxylic acids is 1. The van der Waals surface area contributed by atoms with Gasteiger partial charge < -0.3 is 15.2 Å². The molecule has 4 rings (SSSR count). The number of aryl methyl sites for hydroxylation is 1. The fourth-order valence-corrected chi connectivity index (χ4v) is 3.61. The number of piperidine rings is 1. The van der Waals surface area contributed by atoms with Crippen LogP contribution in [0.15, 0.2) is 42.7 Å². The van der Waals surface area contributed by atoms with Gasteiger partial charge in [0.15, 0.2) is 0 Å². The van der Waals surface area contributed by atoms with Gasteiger partial charge in [-0.1, -0.05) is 6.07 Å². The van der Waals surface area contributed by atoms with Crippen molar-refractivity contribution in [2.75, 3.05) is 18.4 Å². The van der Waals surface area contributed by atoms with Crippen molar-refractivity contribution in [3.63, 3.8) is 0 Å². The number of carbonyl (C=O) groups is 1.